The third-order valence-corrected chi connectivity index (χ3v) is 5.13. The molecule has 5 rings (SSSR count). The second-order valence-electron chi connectivity index (χ2n) is 7.02. The number of anilines is 1. The van der Waals surface area contributed by atoms with E-state index in [1.165, 1.54) is 23.8 Å². The molecule has 1 atom stereocenters. The average Bonchev–Trinajstić information content (AvgIpc) is 3.42. The molecule has 0 fully saturated rings. The molecule has 0 amide bonds. The highest BCUT2D eigenvalue weighted by molar-refractivity contribution is 6.11. The van der Waals surface area contributed by atoms with Gasteiger partial charge < -0.3 is 15.0 Å². The number of Topliss-reactive ketones (excluding diaryl/α,β-unsaturated/α-hetero) is 1. The van der Waals surface area contributed by atoms with Crippen LogP contribution in [0, 0.1) is 5.95 Å². The number of rotatable bonds is 6. The minimum atomic E-state index is -0.856. The molecule has 7 nitrogen and oxygen atoms in total. The molecule has 154 valence electrons. The SMILES string of the molecule is COc1cc(NC(C(=O)c2c[nH]c3ccccc23)c2cn3c(F)cccc3n2)ccn1. The number of H-pyrrole nitrogens is 1. The van der Waals surface area contributed by atoms with Gasteiger partial charge in [0.15, 0.2) is 11.7 Å². The van der Waals surface area contributed by atoms with E-state index in [2.05, 4.69) is 20.3 Å². The lowest BCUT2D eigenvalue weighted by Crippen LogP contribution is -2.21. The average molecular weight is 415 g/mol. The molecule has 8 heteroatoms. The van der Waals surface area contributed by atoms with Crippen molar-refractivity contribution in [2.24, 2.45) is 0 Å². The molecule has 0 bridgehead atoms. The van der Waals surface area contributed by atoms with Crippen molar-refractivity contribution in [2.45, 2.75) is 6.04 Å². The summed E-state index contributed by atoms with van der Waals surface area (Å²) in [5.41, 5.74) is 2.82. The first-order chi connectivity index (χ1) is 15.1. The zero-order valence-corrected chi connectivity index (χ0v) is 16.5. The number of hydrogen-bond donors (Lipinski definition) is 2. The molecule has 0 spiro atoms. The van der Waals surface area contributed by atoms with E-state index in [1.807, 2.05) is 24.3 Å². The van der Waals surface area contributed by atoms with Crippen LogP contribution in [0.4, 0.5) is 10.1 Å². The molecule has 0 saturated carbocycles. The second-order valence-corrected chi connectivity index (χ2v) is 7.02. The number of aromatic amines is 1. The Bertz CT molecular complexity index is 1410. The van der Waals surface area contributed by atoms with E-state index in [-0.39, 0.29) is 5.78 Å². The highest BCUT2D eigenvalue weighted by Gasteiger charge is 2.27. The van der Waals surface area contributed by atoms with Gasteiger partial charge in [-0.15, -0.1) is 0 Å². The molecule has 0 radical (unpaired) electrons. The van der Waals surface area contributed by atoms with Crippen LogP contribution < -0.4 is 10.1 Å². The summed E-state index contributed by atoms with van der Waals surface area (Å²) in [6.07, 6.45) is 4.80. The molecular formula is C23H18FN5O2. The number of carbonyl (C=O) groups excluding carboxylic acids is 1. The van der Waals surface area contributed by atoms with Gasteiger partial charge in [-0.05, 0) is 24.3 Å². The summed E-state index contributed by atoms with van der Waals surface area (Å²) in [6, 6.07) is 14.7. The first-order valence-corrected chi connectivity index (χ1v) is 9.64. The first kappa shape index (κ1) is 18.8. The Hall–Kier alpha value is -4.20. The molecular weight excluding hydrogens is 397 g/mol. The molecule has 4 heterocycles. The standard InChI is InChI=1S/C23H18FN5O2/c1-31-21-11-14(9-10-25-21)27-22(18-13-29-19(24)7-4-8-20(29)28-18)23(30)16-12-26-17-6-3-2-5-15(16)17/h2-13,22,26H,1H3,(H,25,27). The van der Waals surface area contributed by atoms with E-state index >= 15 is 0 Å². The van der Waals surface area contributed by atoms with E-state index < -0.39 is 12.0 Å². The Labute approximate surface area is 176 Å². The predicted molar refractivity (Wildman–Crippen MR) is 115 cm³/mol. The number of ether oxygens (including phenoxy) is 1. The molecule has 31 heavy (non-hydrogen) atoms. The van der Waals surface area contributed by atoms with Crippen LogP contribution >= 0.6 is 0 Å². The summed E-state index contributed by atoms with van der Waals surface area (Å²) in [7, 11) is 1.52. The van der Waals surface area contributed by atoms with Gasteiger partial charge in [-0.3, -0.25) is 9.20 Å². The summed E-state index contributed by atoms with van der Waals surface area (Å²) < 4.78 is 20.8. The van der Waals surface area contributed by atoms with Gasteiger partial charge in [0.25, 0.3) is 0 Å². The predicted octanol–water partition coefficient (Wildman–Crippen LogP) is 4.39. The van der Waals surface area contributed by atoms with Crippen LogP contribution in [0.25, 0.3) is 16.6 Å². The van der Waals surface area contributed by atoms with Crippen LogP contribution in [0.5, 0.6) is 5.88 Å². The zero-order chi connectivity index (χ0) is 21.4. The van der Waals surface area contributed by atoms with Gasteiger partial charge in [0.05, 0.1) is 12.8 Å². The maximum atomic E-state index is 14.3. The number of ketones is 1. The number of aromatic nitrogens is 4. The second kappa shape index (κ2) is 7.56. The van der Waals surface area contributed by atoms with Crippen molar-refractivity contribution in [3.63, 3.8) is 0 Å². The highest BCUT2D eigenvalue weighted by Crippen LogP contribution is 2.28. The number of hydrogen-bond acceptors (Lipinski definition) is 5. The van der Waals surface area contributed by atoms with Crippen molar-refractivity contribution in [1.82, 2.24) is 19.4 Å². The Morgan fingerprint density at radius 2 is 2.06 bits per heavy atom. The maximum absolute atomic E-state index is 14.3. The number of methoxy groups -OCH3 is 1. The highest BCUT2D eigenvalue weighted by atomic mass is 19.1. The number of benzene rings is 1. The molecule has 0 aliphatic rings. The number of para-hydroxylation sites is 1. The summed E-state index contributed by atoms with van der Waals surface area (Å²) in [5, 5.41) is 4.03. The molecule has 2 N–H and O–H groups in total. The molecule has 1 unspecified atom stereocenters. The van der Waals surface area contributed by atoms with Crippen LogP contribution in [0.3, 0.4) is 0 Å². The lowest BCUT2D eigenvalue weighted by atomic mass is 10.0. The molecule has 5 aromatic rings. The lowest BCUT2D eigenvalue weighted by Gasteiger charge is -2.17. The van der Waals surface area contributed by atoms with Crippen LogP contribution in [0.1, 0.15) is 22.1 Å². The minimum absolute atomic E-state index is 0.197. The van der Waals surface area contributed by atoms with E-state index in [0.717, 1.165) is 10.9 Å². The van der Waals surface area contributed by atoms with Gasteiger partial charge in [0, 0.05) is 46.8 Å². The van der Waals surface area contributed by atoms with Crippen molar-refractivity contribution in [3.05, 3.63) is 90.4 Å². The van der Waals surface area contributed by atoms with Gasteiger partial charge in [0.1, 0.15) is 11.7 Å². The van der Waals surface area contributed by atoms with Crippen LogP contribution in [-0.4, -0.2) is 32.2 Å². The fraction of sp³-hybridized carbons (Fsp3) is 0.0870. The maximum Gasteiger partial charge on any atom is 0.214 e. The van der Waals surface area contributed by atoms with Crippen molar-refractivity contribution >= 4 is 28.0 Å². The Balaban J connectivity index is 1.62. The van der Waals surface area contributed by atoms with Crippen LogP contribution in [0.15, 0.2) is 73.2 Å². The van der Waals surface area contributed by atoms with Gasteiger partial charge in [-0.1, -0.05) is 24.3 Å². The summed E-state index contributed by atoms with van der Waals surface area (Å²) in [5.74, 6) is -0.249. The monoisotopic (exact) mass is 415 g/mol. The number of pyridine rings is 2. The molecule has 0 saturated heterocycles. The molecule has 1 aromatic carbocycles. The summed E-state index contributed by atoms with van der Waals surface area (Å²) in [6.45, 7) is 0. The Morgan fingerprint density at radius 1 is 1.19 bits per heavy atom. The third kappa shape index (κ3) is 3.38. The summed E-state index contributed by atoms with van der Waals surface area (Å²) >= 11 is 0. The number of fused-ring (bicyclic) bond motifs is 2. The fourth-order valence-electron chi connectivity index (χ4n) is 3.62. The number of halogens is 1. The van der Waals surface area contributed by atoms with E-state index in [0.29, 0.717) is 28.5 Å². The first-order valence-electron chi connectivity index (χ1n) is 9.64. The van der Waals surface area contributed by atoms with E-state index in [9.17, 15) is 9.18 Å². The molecule has 0 aliphatic carbocycles. The topological polar surface area (TPSA) is 84.3 Å². The van der Waals surface area contributed by atoms with E-state index in [1.54, 1.807) is 36.7 Å². The summed E-state index contributed by atoms with van der Waals surface area (Å²) in [4.78, 5) is 25.4. The Morgan fingerprint density at radius 3 is 2.90 bits per heavy atom. The van der Waals surface area contributed by atoms with Crippen LogP contribution in [-0.2, 0) is 0 Å². The number of nitrogens with one attached hydrogen (secondary N) is 2. The fourth-order valence-corrected chi connectivity index (χ4v) is 3.62. The van der Waals surface area contributed by atoms with Gasteiger partial charge in [-0.2, -0.15) is 4.39 Å². The smallest absolute Gasteiger partial charge is 0.214 e. The van der Waals surface area contributed by atoms with Crippen molar-refractivity contribution in [1.29, 1.82) is 0 Å². The van der Waals surface area contributed by atoms with E-state index in [4.69, 9.17) is 4.74 Å². The van der Waals surface area contributed by atoms with Gasteiger partial charge in [0.2, 0.25) is 5.88 Å². The quantitative estimate of drug-likeness (QED) is 0.317. The Kier molecular flexibility index (Phi) is 4.59. The van der Waals surface area contributed by atoms with Gasteiger partial charge in [-0.25, -0.2) is 9.97 Å². The van der Waals surface area contributed by atoms with Gasteiger partial charge >= 0.3 is 0 Å². The zero-order valence-electron chi connectivity index (χ0n) is 16.5. The third-order valence-electron chi connectivity index (χ3n) is 5.13. The number of imidazole rings is 1. The normalized spacial score (nSPS) is 12.2. The minimum Gasteiger partial charge on any atom is -0.481 e. The molecule has 0 aliphatic heterocycles. The van der Waals surface area contributed by atoms with Crippen molar-refractivity contribution in [3.8, 4) is 5.88 Å². The van der Waals surface area contributed by atoms with Crippen molar-refractivity contribution < 1.29 is 13.9 Å². The largest absolute Gasteiger partial charge is 0.481 e. The van der Waals surface area contributed by atoms with Crippen molar-refractivity contribution in [2.75, 3.05) is 12.4 Å². The lowest BCUT2D eigenvalue weighted by molar-refractivity contribution is 0.0970. The molecule has 4 aromatic heterocycles. The number of carbonyl (C=O) groups is 1. The van der Waals surface area contributed by atoms with Crippen LogP contribution in [0.2, 0.25) is 0 Å². The number of nitrogens with zero attached hydrogens (tertiary/aromatic N) is 3.